The van der Waals surface area contributed by atoms with Crippen molar-refractivity contribution in [2.24, 2.45) is 0 Å². The maximum atomic E-state index is 12.9. The highest BCUT2D eigenvalue weighted by Gasteiger charge is 2.33. The van der Waals surface area contributed by atoms with E-state index >= 15 is 0 Å². The number of carbonyl (C=O) groups is 1. The lowest BCUT2D eigenvalue weighted by molar-refractivity contribution is -0.137. The van der Waals surface area contributed by atoms with Crippen LogP contribution in [0.1, 0.15) is 23.7 Å². The van der Waals surface area contributed by atoms with Gasteiger partial charge in [0, 0.05) is 12.8 Å². The predicted molar refractivity (Wildman–Crippen MR) is 76.6 cm³/mol. The molecule has 3 rings (SSSR count). The van der Waals surface area contributed by atoms with Gasteiger partial charge in [0.1, 0.15) is 12.4 Å². The number of aromatic nitrogens is 2. The highest BCUT2D eigenvalue weighted by Crippen LogP contribution is 2.38. The lowest BCUT2D eigenvalue weighted by atomic mass is 10.1. The molecule has 128 valence electrons. The van der Waals surface area contributed by atoms with Crippen molar-refractivity contribution in [2.75, 3.05) is 18.1 Å². The van der Waals surface area contributed by atoms with Crippen molar-refractivity contribution in [1.29, 1.82) is 0 Å². The fraction of sp³-hybridized carbons (Fsp3) is 0.400. The normalized spacial score (nSPS) is 14.2. The molecule has 0 radical (unpaired) electrons. The van der Waals surface area contributed by atoms with E-state index in [1.165, 1.54) is 11.0 Å². The number of ether oxygens (including phenoxy) is 1. The highest BCUT2D eigenvalue weighted by atomic mass is 19.4. The SMILES string of the molecule is Cc1noc(CCC(=O)N2CCOc3ccc(C(F)(F)F)cc32)n1. The van der Waals surface area contributed by atoms with Crippen molar-refractivity contribution in [3.63, 3.8) is 0 Å². The molecule has 6 nitrogen and oxygen atoms in total. The molecule has 0 N–H and O–H groups in total. The van der Waals surface area contributed by atoms with Gasteiger partial charge >= 0.3 is 6.18 Å². The molecule has 2 aromatic rings. The minimum atomic E-state index is -4.48. The number of hydrogen-bond acceptors (Lipinski definition) is 5. The zero-order valence-electron chi connectivity index (χ0n) is 12.8. The smallest absolute Gasteiger partial charge is 0.416 e. The number of nitrogens with zero attached hydrogens (tertiary/aromatic N) is 3. The van der Waals surface area contributed by atoms with Crippen molar-refractivity contribution in [2.45, 2.75) is 25.9 Å². The number of amides is 1. The summed E-state index contributed by atoms with van der Waals surface area (Å²) in [5.74, 6) is 0.716. The first-order chi connectivity index (χ1) is 11.3. The van der Waals surface area contributed by atoms with E-state index in [0.29, 0.717) is 11.7 Å². The molecular formula is C15H14F3N3O3. The van der Waals surface area contributed by atoms with Gasteiger partial charge in [-0.1, -0.05) is 5.16 Å². The van der Waals surface area contributed by atoms with Gasteiger partial charge in [0.2, 0.25) is 11.8 Å². The number of anilines is 1. The van der Waals surface area contributed by atoms with Crippen LogP contribution in [0.5, 0.6) is 5.75 Å². The molecule has 0 bridgehead atoms. The molecule has 1 aromatic heterocycles. The molecule has 2 heterocycles. The molecule has 0 fully saturated rings. The molecule has 24 heavy (non-hydrogen) atoms. The van der Waals surface area contributed by atoms with Crippen LogP contribution >= 0.6 is 0 Å². The number of fused-ring (bicyclic) bond motifs is 1. The average Bonchev–Trinajstić information content (AvgIpc) is 2.96. The molecule has 0 saturated heterocycles. The number of aryl methyl sites for hydroxylation is 2. The second kappa shape index (κ2) is 6.14. The molecular weight excluding hydrogens is 327 g/mol. The molecule has 1 amide bonds. The van der Waals surface area contributed by atoms with E-state index in [9.17, 15) is 18.0 Å². The maximum absolute atomic E-state index is 12.9. The molecule has 1 aliphatic rings. The van der Waals surface area contributed by atoms with Gasteiger partial charge in [0.15, 0.2) is 5.82 Å². The Kier molecular flexibility index (Phi) is 4.16. The maximum Gasteiger partial charge on any atom is 0.416 e. The summed E-state index contributed by atoms with van der Waals surface area (Å²) >= 11 is 0. The molecule has 1 aromatic carbocycles. The molecule has 0 spiro atoms. The van der Waals surface area contributed by atoms with Crippen LogP contribution in [0.15, 0.2) is 22.7 Å². The predicted octanol–water partition coefficient (Wildman–Crippen LogP) is 2.76. The lowest BCUT2D eigenvalue weighted by Crippen LogP contribution is -2.38. The van der Waals surface area contributed by atoms with Crippen LogP contribution in [-0.2, 0) is 17.4 Å². The molecule has 0 saturated carbocycles. The first-order valence-electron chi connectivity index (χ1n) is 7.28. The average molecular weight is 341 g/mol. The number of halogens is 3. The first-order valence-corrected chi connectivity index (χ1v) is 7.28. The third kappa shape index (κ3) is 3.34. The summed E-state index contributed by atoms with van der Waals surface area (Å²) in [4.78, 5) is 17.7. The van der Waals surface area contributed by atoms with Crippen molar-refractivity contribution in [3.05, 3.63) is 35.5 Å². The summed E-state index contributed by atoms with van der Waals surface area (Å²) in [5, 5.41) is 3.63. The molecule has 0 atom stereocenters. The highest BCUT2D eigenvalue weighted by molar-refractivity contribution is 5.95. The van der Waals surface area contributed by atoms with E-state index in [0.717, 1.165) is 12.1 Å². The van der Waals surface area contributed by atoms with Gasteiger partial charge in [0.25, 0.3) is 0 Å². The standard InChI is InChI=1S/C15H14F3N3O3/c1-9-19-13(24-20-9)4-5-14(22)21-6-7-23-12-3-2-10(8-11(12)21)15(16,17)18/h2-3,8H,4-7H2,1H3. The van der Waals surface area contributed by atoms with E-state index in [2.05, 4.69) is 10.1 Å². The van der Waals surface area contributed by atoms with Gasteiger partial charge in [-0.25, -0.2) is 0 Å². The van der Waals surface area contributed by atoms with Crippen molar-refractivity contribution in [1.82, 2.24) is 10.1 Å². The number of carbonyl (C=O) groups excluding carboxylic acids is 1. The van der Waals surface area contributed by atoms with Gasteiger partial charge < -0.3 is 14.2 Å². The Bertz CT molecular complexity index is 758. The number of benzene rings is 1. The van der Waals surface area contributed by atoms with Crippen LogP contribution in [0, 0.1) is 6.92 Å². The minimum absolute atomic E-state index is 0.0529. The van der Waals surface area contributed by atoms with Crippen LogP contribution < -0.4 is 9.64 Å². The monoisotopic (exact) mass is 341 g/mol. The van der Waals surface area contributed by atoms with E-state index < -0.39 is 11.7 Å². The van der Waals surface area contributed by atoms with E-state index in [1.807, 2.05) is 0 Å². The Hall–Kier alpha value is -2.58. The van der Waals surface area contributed by atoms with Crippen LogP contribution in [0.2, 0.25) is 0 Å². The Labute approximate surface area is 135 Å². The summed E-state index contributed by atoms with van der Waals surface area (Å²) < 4.78 is 48.9. The van der Waals surface area contributed by atoms with Gasteiger partial charge in [-0.15, -0.1) is 0 Å². The van der Waals surface area contributed by atoms with E-state index in [-0.39, 0.29) is 43.3 Å². The van der Waals surface area contributed by atoms with Gasteiger partial charge in [-0.2, -0.15) is 18.2 Å². The Morgan fingerprint density at radius 3 is 2.83 bits per heavy atom. The number of rotatable bonds is 3. The van der Waals surface area contributed by atoms with Crippen molar-refractivity contribution in [3.8, 4) is 5.75 Å². The fourth-order valence-corrected chi connectivity index (χ4v) is 2.44. The molecule has 9 heteroatoms. The first kappa shape index (κ1) is 16.3. The van der Waals surface area contributed by atoms with Gasteiger partial charge in [-0.05, 0) is 25.1 Å². The fourth-order valence-electron chi connectivity index (χ4n) is 2.44. The minimum Gasteiger partial charge on any atom is -0.490 e. The summed E-state index contributed by atoms with van der Waals surface area (Å²) in [6.07, 6.45) is -4.20. The quantitative estimate of drug-likeness (QED) is 0.859. The third-order valence-corrected chi connectivity index (χ3v) is 3.57. The Morgan fingerprint density at radius 1 is 1.38 bits per heavy atom. The van der Waals surface area contributed by atoms with E-state index in [4.69, 9.17) is 9.26 Å². The summed E-state index contributed by atoms with van der Waals surface area (Å²) in [5.41, 5.74) is -0.695. The third-order valence-electron chi connectivity index (χ3n) is 3.57. The van der Waals surface area contributed by atoms with E-state index in [1.54, 1.807) is 6.92 Å². The van der Waals surface area contributed by atoms with Crippen LogP contribution in [-0.4, -0.2) is 29.2 Å². The Morgan fingerprint density at radius 2 is 2.17 bits per heavy atom. The molecule has 0 aliphatic carbocycles. The van der Waals surface area contributed by atoms with Gasteiger partial charge in [-0.3, -0.25) is 4.79 Å². The Balaban J connectivity index is 1.78. The molecule has 0 unspecified atom stereocenters. The second-order valence-electron chi connectivity index (χ2n) is 5.31. The summed E-state index contributed by atoms with van der Waals surface area (Å²) in [7, 11) is 0. The van der Waals surface area contributed by atoms with Gasteiger partial charge in [0.05, 0.1) is 17.8 Å². The molecule has 1 aliphatic heterocycles. The number of hydrogen-bond donors (Lipinski definition) is 0. The van der Waals surface area contributed by atoms with Crippen LogP contribution in [0.4, 0.5) is 18.9 Å². The van der Waals surface area contributed by atoms with Crippen LogP contribution in [0.3, 0.4) is 0 Å². The second-order valence-corrected chi connectivity index (χ2v) is 5.31. The van der Waals surface area contributed by atoms with Crippen molar-refractivity contribution >= 4 is 11.6 Å². The summed E-state index contributed by atoms with van der Waals surface area (Å²) in [6.45, 7) is 2.07. The van der Waals surface area contributed by atoms with Crippen molar-refractivity contribution < 1.29 is 27.2 Å². The van der Waals surface area contributed by atoms with Crippen LogP contribution in [0.25, 0.3) is 0 Å². The lowest BCUT2D eigenvalue weighted by Gasteiger charge is -2.30. The zero-order valence-corrected chi connectivity index (χ0v) is 12.8. The number of alkyl halides is 3. The zero-order chi connectivity index (χ0) is 17.3. The topological polar surface area (TPSA) is 68.5 Å². The largest absolute Gasteiger partial charge is 0.490 e. The summed E-state index contributed by atoms with van der Waals surface area (Å²) in [6, 6.07) is 3.11.